The Labute approximate surface area is 252 Å². The largest absolute Gasteiger partial charge is 0.494 e. The number of benzene rings is 2. The van der Waals surface area contributed by atoms with Gasteiger partial charge in [-0.2, -0.15) is 13.2 Å². The highest BCUT2D eigenvalue weighted by atomic mass is 32.1. The van der Waals surface area contributed by atoms with Gasteiger partial charge in [-0.15, -0.1) is 11.3 Å². The number of nitrogens with zero attached hydrogens (tertiary/aromatic N) is 2. The molecule has 2 aromatic carbocycles. The molecule has 0 radical (unpaired) electrons. The van der Waals surface area contributed by atoms with E-state index < -0.39 is 35.1 Å². The molecule has 10 heteroatoms. The molecule has 4 aromatic rings. The number of thiophene rings is 1. The summed E-state index contributed by atoms with van der Waals surface area (Å²) in [5, 5.41) is 9.65. The summed E-state index contributed by atoms with van der Waals surface area (Å²) in [5.41, 5.74) is 3.22. The van der Waals surface area contributed by atoms with Gasteiger partial charge in [-0.3, -0.25) is 9.59 Å². The van der Waals surface area contributed by atoms with Gasteiger partial charge in [0.05, 0.1) is 17.4 Å². The van der Waals surface area contributed by atoms with Crippen LogP contribution >= 0.6 is 11.3 Å². The van der Waals surface area contributed by atoms with Crippen molar-refractivity contribution in [1.82, 2.24) is 9.97 Å². The van der Waals surface area contributed by atoms with E-state index in [1.54, 1.807) is 36.7 Å². The fraction of sp³-hybridized carbons (Fsp3) is 0.333. The molecule has 0 aliphatic heterocycles. The van der Waals surface area contributed by atoms with Gasteiger partial charge in [0.2, 0.25) is 0 Å². The van der Waals surface area contributed by atoms with E-state index in [1.165, 1.54) is 25.7 Å². The molecule has 0 fully saturated rings. The fourth-order valence-electron chi connectivity index (χ4n) is 4.55. The van der Waals surface area contributed by atoms with E-state index in [0.29, 0.717) is 29.3 Å². The summed E-state index contributed by atoms with van der Waals surface area (Å²) in [6.07, 6.45) is 4.52. The predicted molar refractivity (Wildman–Crippen MR) is 160 cm³/mol. The van der Waals surface area contributed by atoms with Gasteiger partial charge in [0, 0.05) is 29.9 Å². The van der Waals surface area contributed by atoms with Gasteiger partial charge < -0.3 is 9.84 Å². The molecule has 1 N–H and O–H groups in total. The molecule has 43 heavy (non-hydrogen) atoms. The molecule has 2 heterocycles. The highest BCUT2D eigenvalue weighted by molar-refractivity contribution is 7.14. The van der Waals surface area contributed by atoms with E-state index in [9.17, 15) is 27.9 Å². The smallest absolute Gasteiger partial charge is 0.425 e. The standard InChI is InChI=1S/C33H33F3N2O4S/c1-2-3-4-5-6-17-42-27-13-11-23(12-14-27)26-20-37-31(38-21-26)24-9-7-22(8-10-24)18-25(32(40)41)19-28(39)29-15-16-30(43-29)33(34,35)36/h7-16,20-21,25H,2-6,17-19H2,1H3,(H,40,41)/t25-/m1/s1. The number of aliphatic carboxylic acids is 1. The van der Waals surface area contributed by atoms with Gasteiger partial charge in [0.25, 0.3) is 0 Å². The first-order valence-electron chi connectivity index (χ1n) is 14.2. The number of halogens is 3. The Morgan fingerprint density at radius 3 is 2.12 bits per heavy atom. The van der Waals surface area contributed by atoms with Gasteiger partial charge in [-0.05, 0) is 48.2 Å². The number of carboxylic acids is 1. The summed E-state index contributed by atoms with van der Waals surface area (Å²) in [5.74, 6) is -1.56. The zero-order chi connectivity index (χ0) is 30.8. The normalized spacial score (nSPS) is 12.2. The molecule has 0 spiro atoms. The number of alkyl halides is 3. The number of unbranched alkanes of at least 4 members (excludes halogenated alkanes) is 4. The van der Waals surface area contributed by atoms with Crippen molar-refractivity contribution >= 4 is 23.1 Å². The maximum Gasteiger partial charge on any atom is 0.425 e. The molecule has 0 aliphatic carbocycles. The van der Waals surface area contributed by atoms with Crippen molar-refractivity contribution < 1.29 is 32.6 Å². The third-order valence-electron chi connectivity index (χ3n) is 6.99. The third-order valence-corrected chi connectivity index (χ3v) is 8.16. The first-order chi connectivity index (χ1) is 20.6. The minimum atomic E-state index is -4.55. The van der Waals surface area contributed by atoms with Crippen LogP contribution in [0.1, 0.15) is 65.6 Å². The van der Waals surface area contributed by atoms with E-state index in [4.69, 9.17) is 4.74 Å². The summed E-state index contributed by atoms with van der Waals surface area (Å²) in [6.45, 7) is 2.90. The van der Waals surface area contributed by atoms with Gasteiger partial charge >= 0.3 is 12.1 Å². The molecular weight excluding hydrogens is 577 g/mol. The molecular formula is C33H33F3N2O4S. The number of carbonyl (C=O) groups excluding carboxylic acids is 1. The second-order valence-corrected chi connectivity index (χ2v) is 11.4. The van der Waals surface area contributed by atoms with Gasteiger partial charge in [0.15, 0.2) is 11.6 Å². The zero-order valence-corrected chi connectivity index (χ0v) is 24.6. The molecule has 0 saturated carbocycles. The Bertz CT molecular complexity index is 1480. The Balaban J connectivity index is 1.32. The van der Waals surface area contributed by atoms with Crippen LogP contribution in [0.25, 0.3) is 22.5 Å². The highest BCUT2D eigenvalue weighted by Gasteiger charge is 2.33. The number of carboxylic acid groups (broad SMARTS) is 1. The summed E-state index contributed by atoms with van der Waals surface area (Å²) < 4.78 is 44.4. The van der Waals surface area contributed by atoms with E-state index in [-0.39, 0.29) is 11.3 Å². The van der Waals surface area contributed by atoms with Crippen molar-refractivity contribution in [1.29, 1.82) is 0 Å². The number of ketones is 1. The second-order valence-electron chi connectivity index (χ2n) is 10.3. The lowest BCUT2D eigenvalue weighted by Crippen LogP contribution is -2.20. The number of hydrogen-bond acceptors (Lipinski definition) is 6. The van der Waals surface area contributed by atoms with Crippen LogP contribution in [-0.4, -0.2) is 33.4 Å². The summed E-state index contributed by atoms with van der Waals surface area (Å²) >= 11 is 0.326. The average Bonchev–Trinajstić information content (AvgIpc) is 3.51. The molecule has 1 atom stereocenters. The molecule has 6 nitrogen and oxygen atoms in total. The van der Waals surface area contributed by atoms with E-state index in [2.05, 4.69) is 16.9 Å². The van der Waals surface area contributed by atoms with Crippen LogP contribution in [0.3, 0.4) is 0 Å². The Hall–Kier alpha value is -4.05. The third kappa shape index (κ3) is 9.22. The van der Waals surface area contributed by atoms with Gasteiger partial charge in [-0.1, -0.05) is 69.0 Å². The summed E-state index contributed by atoms with van der Waals surface area (Å²) in [7, 11) is 0. The average molecular weight is 611 g/mol. The van der Waals surface area contributed by atoms with Crippen LogP contribution in [0, 0.1) is 5.92 Å². The molecule has 2 aromatic heterocycles. The number of aromatic nitrogens is 2. The molecule has 0 bridgehead atoms. The number of Topliss-reactive ketones (excluding diaryl/α,β-unsaturated/α-hetero) is 1. The van der Waals surface area contributed by atoms with E-state index in [0.717, 1.165) is 41.0 Å². The summed E-state index contributed by atoms with van der Waals surface area (Å²) in [4.78, 5) is 32.3. The van der Waals surface area contributed by atoms with Crippen molar-refractivity contribution in [2.45, 2.75) is 58.0 Å². The van der Waals surface area contributed by atoms with Crippen LogP contribution in [0.2, 0.25) is 0 Å². The van der Waals surface area contributed by atoms with E-state index >= 15 is 0 Å². The molecule has 0 amide bonds. The summed E-state index contributed by atoms with van der Waals surface area (Å²) in [6, 6.07) is 16.8. The number of carbonyl (C=O) groups is 2. The SMILES string of the molecule is CCCCCCCOc1ccc(-c2cnc(-c3ccc(C[C@H](CC(=O)c4ccc(C(F)(F)F)s4)C(=O)O)cc3)nc2)cc1. The highest BCUT2D eigenvalue weighted by Crippen LogP contribution is 2.35. The lowest BCUT2D eigenvalue weighted by atomic mass is 9.93. The first-order valence-corrected chi connectivity index (χ1v) is 15.0. The lowest BCUT2D eigenvalue weighted by Gasteiger charge is -2.12. The van der Waals surface area contributed by atoms with Crippen molar-refractivity contribution in [3.8, 4) is 28.3 Å². The first kappa shape index (κ1) is 31.9. The molecule has 0 saturated heterocycles. The van der Waals surface area contributed by atoms with Crippen LogP contribution in [-0.2, 0) is 17.4 Å². The Kier molecular flexibility index (Phi) is 11.1. The quantitative estimate of drug-likeness (QED) is 0.107. The molecule has 0 aliphatic rings. The minimum Gasteiger partial charge on any atom is -0.494 e. The monoisotopic (exact) mass is 610 g/mol. The Morgan fingerprint density at radius 2 is 1.51 bits per heavy atom. The lowest BCUT2D eigenvalue weighted by molar-refractivity contribution is -0.141. The Morgan fingerprint density at radius 1 is 0.860 bits per heavy atom. The molecule has 0 unspecified atom stereocenters. The minimum absolute atomic E-state index is 0.0528. The van der Waals surface area contributed by atoms with Crippen LogP contribution in [0.15, 0.2) is 73.1 Å². The van der Waals surface area contributed by atoms with Crippen molar-refractivity contribution in [3.05, 3.63) is 88.4 Å². The van der Waals surface area contributed by atoms with Gasteiger partial charge in [-0.25, -0.2) is 9.97 Å². The van der Waals surface area contributed by atoms with Crippen LogP contribution < -0.4 is 4.74 Å². The second kappa shape index (κ2) is 14.9. The molecule has 226 valence electrons. The maximum atomic E-state index is 12.9. The maximum absolute atomic E-state index is 12.9. The van der Waals surface area contributed by atoms with Crippen LogP contribution in [0.5, 0.6) is 5.75 Å². The number of hydrogen-bond donors (Lipinski definition) is 1. The van der Waals surface area contributed by atoms with Crippen LogP contribution in [0.4, 0.5) is 13.2 Å². The fourth-order valence-corrected chi connectivity index (χ4v) is 5.37. The van der Waals surface area contributed by atoms with Crippen molar-refractivity contribution in [2.75, 3.05) is 6.61 Å². The topological polar surface area (TPSA) is 89.4 Å². The predicted octanol–water partition coefficient (Wildman–Crippen LogP) is 8.76. The van der Waals surface area contributed by atoms with Crippen molar-refractivity contribution in [3.63, 3.8) is 0 Å². The number of rotatable bonds is 15. The number of ether oxygens (including phenoxy) is 1. The van der Waals surface area contributed by atoms with Gasteiger partial charge in [0.1, 0.15) is 10.6 Å². The molecule has 4 rings (SSSR count). The van der Waals surface area contributed by atoms with E-state index in [1.807, 2.05) is 24.3 Å². The van der Waals surface area contributed by atoms with Crippen molar-refractivity contribution in [2.24, 2.45) is 5.92 Å². The zero-order valence-electron chi connectivity index (χ0n) is 23.8.